The molecule has 2 heterocycles. The van der Waals surface area contributed by atoms with Crippen LogP contribution in [0.3, 0.4) is 0 Å². The smallest absolute Gasteiger partial charge is 0.449 e. The number of ether oxygens (including phenoxy) is 1. The molecular formula is C24H21ClN4O6. The molecule has 1 unspecified atom stereocenters. The summed E-state index contributed by atoms with van der Waals surface area (Å²) in [7, 11) is 3.25. The van der Waals surface area contributed by atoms with Crippen LogP contribution < -0.4 is 21.7 Å². The normalized spacial score (nSPS) is 15.2. The standard InChI is InChI=1S/C24H21ClN4O6/c1-26-18-10-9-13(11-19(18)27(2)22(26)31)28-12-20(35-24(33)34)21(30)29(23(28)32)17-8-4-5-14-15(17)6-3-7-16(14)25/h3,6-7,9-12,17H,4-5,8H2,1-2H3,(H,33,34). The molecule has 1 N–H and O–H groups in total. The van der Waals surface area contributed by atoms with Crippen molar-refractivity contribution < 1.29 is 14.6 Å². The minimum absolute atomic E-state index is 0.236. The highest BCUT2D eigenvalue weighted by molar-refractivity contribution is 6.31. The first kappa shape index (κ1) is 22.7. The van der Waals surface area contributed by atoms with Crippen LogP contribution in [0.4, 0.5) is 4.79 Å². The minimum Gasteiger partial charge on any atom is -0.449 e. The SMILES string of the molecule is Cn1c(=O)n(C)c2cc(-n3cc(OC(=O)O)c(=O)n(C4CCCc5c(Cl)cccc54)c3=O)ccc21. The highest BCUT2D eigenvalue weighted by atomic mass is 35.5. The molecule has 0 radical (unpaired) electrons. The third-order valence-electron chi connectivity index (χ3n) is 6.55. The van der Waals surface area contributed by atoms with E-state index in [1.807, 2.05) is 6.07 Å². The van der Waals surface area contributed by atoms with E-state index in [1.165, 1.54) is 9.13 Å². The minimum atomic E-state index is -1.67. The van der Waals surface area contributed by atoms with Gasteiger partial charge in [-0.1, -0.05) is 23.7 Å². The number of carboxylic acid groups (broad SMARTS) is 1. The van der Waals surface area contributed by atoms with Gasteiger partial charge in [-0.15, -0.1) is 0 Å². The number of hydrogen-bond donors (Lipinski definition) is 1. The number of halogens is 1. The van der Waals surface area contributed by atoms with E-state index in [4.69, 9.17) is 16.3 Å². The van der Waals surface area contributed by atoms with Crippen LogP contribution in [0.1, 0.15) is 30.0 Å². The van der Waals surface area contributed by atoms with Gasteiger partial charge >= 0.3 is 17.5 Å². The predicted molar refractivity (Wildman–Crippen MR) is 129 cm³/mol. The van der Waals surface area contributed by atoms with Gasteiger partial charge in [0.05, 0.1) is 29.0 Å². The van der Waals surface area contributed by atoms with Gasteiger partial charge in [-0.25, -0.2) is 19.0 Å². The van der Waals surface area contributed by atoms with Crippen molar-refractivity contribution in [2.24, 2.45) is 14.1 Å². The highest BCUT2D eigenvalue weighted by Gasteiger charge is 2.28. The lowest BCUT2D eigenvalue weighted by atomic mass is 9.87. The molecule has 5 rings (SSSR count). The molecule has 0 spiro atoms. The lowest BCUT2D eigenvalue weighted by Crippen LogP contribution is -2.43. The molecule has 1 aliphatic carbocycles. The average Bonchev–Trinajstić information content (AvgIpc) is 3.05. The van der Waals surface area contributed by atoms with Crippen molar-refractivity contribution in [3.8, 4) is 11.4 Å². The second kappa shape index (κ2) is 8.31. The number of aromatic nitrogens is 4. The van der Waals surface area contributed by atoms with E-state index >= 15 is 0 Å². The number of aryl methyl sites for hydroxylation is 2. The van der Waals surface area contributed by atoms with Crippen LogP contribution in [-0.4, -0.2) is 29.5 Å². The number of carbonyl (C=O) groups is 1. The van der Waals surface area contributed by atoms with Crippen LogP contribution in [0, 0.1) is 0 Å². The molecule has 180 valence electrons. The number of hydrogen-bond acceptors (Lipinski definition) is 5. The Morgan fingerprint density at radius 1 is 1.06 bits per heavy atom. The first-order valence-electron chi connectivity index (χ1n) is 10.9. The van der Waals surface area contributed by atoms with Crippen LogP contribution in [0.15, 0.2) is 57.0 Å². The molecule has 0 fully saturated rings. The van der Waals surface area contributed by atoms with Gasteiger partial charge in [0.25, 0.3) is 5.56 Å². The fourth-order valence-corrected chi connectivity index (χ4v) is 5.14. The second-order valence-electron chi connectivity index (χ2n) is 8.48. The van der Waals surface area contributed by atoms with Gasteiger partial charge in [0.2, 0.25) is 5.75 Å². The van der Waals surface area contributed by atoms with E-state index in [9.17, 15) is 24.3 Å². The Balaban J connectivity index is 1.79. The van der Waals surface area contributed by atoms with Gasteiger partial charge in [-0.05, 0) is 54.7 Å². The lowest BCUT2D eigenvalue weighted by molar-refractivity contribution is 0.143. The molecule has 0 bridgehead atoms. The zero-order chi connectivity index (χ0) is 25.0. The maximum Gasteiger partial charge on any atom is 0.511 e. The summed E-state index contributed by atoms with van der Waals surface area (Å²) in [6.07, 6.45) is 1.28. The Hall–Kier alpha value is -4.05. The van der Waals surface area contributed by atoms with E-state index < -0.39 is 29.2 Å². The Bertz CT molecular complexity index is 1690. The summed E-state index contributed by atoms with van der Waals surface area (Å²) < 4.78 is 9.88. The molecular weight excluding hydrogens is 476 g/mol. The van der Waals surface area contributed by atoms with Gasteiger partial charge in [0.15, 0.2) is 0 Å². The van der Waals surface area contributed by atoms with Crippen molar-refractivity contribution in [1.29, 1.82) is 0 Å². The van der Waals surface area contributed by atoms with Crippen molar-refractivity contribution in [1.82, 2.24) is 18.3 Å². The van der Waals surface area contributed by atoms with Crippen LogP contribution >= 0.6 is 11.6 Å². The molecule has 11 heteroatoms. The van der Waals surface area contributed by atoms with Crippen molar-refractivity contribution in [3.63, 3.8) is 0 Å². The number of imidazole rings is 1. The largest absolute Gasteiger partial charge is 0.511 e. The van der Waals surface area contributed by atoms with Crippen LogP contribution in [0.5, 0.6) is 5.75 Å². The molecule has 1 atom stereocenters. The van der Waals surface area contributed by atoms with E-state index in [-0.39, 0.29) is 5.69 Å². The highest BCUT2D eigenvalue weighted by Crippen LogP contribution is 2.35. The third-order valence-corrected chi connectivity index (χ3v) is 6.90. The average molecular weight is 497 g/mol. The van der Waals surface area contributed by atoms with E-state index in [0.29, 0.717) is 41.0 Å². The maximum atomic E-state index is 13.7. The number of fused-ring (bicyclic) bond motifs is 2. The third kappa shape index (κ3) is 3.57. The molecule has 0 saturated heterocycles. The Morgan fingerprint density at radius 2 is 1.80 bits per heavy atom. The fourth-order valence-electron chi connectivity index (χ4n) is 4.87. The van der Waals surface area contributed by atoms with Crippen LogP contribution in [0.2, 0.25) is 5.02 Å². The second-order valence-corrected chi connectivity index (χ2v) is 8.89. The summed E-state index contributed by atoms with van der Waals surface area (Å²) >= 11 is 6.38. The predicted octanol–water partition coefficient (Wildman–Crippen LogP) is 2.83. The monoisotopic (exact) mass is 496 g/mol. The van der Waals surface area contributed by atoms with Crippen molar-refractivity contribution >= 4 is 28.8 Å². The molecule has 10 nitrogen and oxygen atoms in total. The molecule has 2 aromatic carbocycles. The lowest BCUT2D eigenvalue weighted by Gasteiger charge is -2.28. The molecule has 0 amide bonds. The fraction of sp³-hybridized carbons (Fsp3) is 0.250. The molecule has 2 aromatic heterocycles. The van der Waals surface area contributed by atoms with Gasteiger partial charge in [0.1, 0.15) is 0 Å². The van der Waals surface area contributed by atoms with Crippen molar-refractivity contribution in [3.05, 3.63) is 90.1 Å². The van der Waals surface area contributed by atoms with E-state index in [0.717, 1.165) is 26.5 Å². The van der Waals surface area contributed by atoms with Gasteiger partial charge < -0.3 is 9.84 Å². The van der Waals surface area contributed by atoms with E-state index in [2.05, 4.69) is 0 Å². The quantitative estimate of drug-likeness (QED) is 0.436. The zero-order valence-electron chi connectivity index (χ0n) is 18.9. The Kier molecular flexibility index (Phi) is 5.40. The Labute approximate surface area is 202 Å². The zero-order valence-corrected chi connectivity index (χ0v) is 19.7. The summed E-state index contributed by atoms with van der Waals surface area (Å²) in [6.45, 7) is 0. The van der Waals surface area contributed by atoms with Gasteiger partial charge in [0, 0.05) is 19.1 Å². The summed E-state index contributed by atoms with van der Waals surface area (Å²) in [6, 6.07) is 9.61. The summed E-state index contributed by atoms with van der Waals surface area (Å²) in [4.78, 5) is 50.7. The van der Waals surface area contributed by atoms with Gasteiger partial charge in [-0.2, -0.15) is 0 Å². The number of rotatable bonds is 3. The first-order valence-corrected chi connectivity index (χ1v) is 11.3. The first-order chi connectivity index (χ1) is 16.7. The van der Waals surface area contributed by atoms with E-state index in [1.54, 1.807) is 44.4 Å². The van der Waals surface area contributed by atoms with Crippen LogP contribution in [-0.2, 0) is 20.5 Å². The summed E-state index contributed by atoms with van der Waals surface area (Å²) in [5.41, 5.74) is 1.41. The van der Waals surface area contributed by atoms with Crippen molar-refractivity contribution in [2.45, 2.75) is 25.3 Å². The Morgan fingerprint density at radius 3 is 2.54 bits per heavy atom. The summed E-state index contributed by atoms with van der Waals surface area (Å²) in [5.74, 6) is -0.506. The molecule has 0 aliphatic heterocycles. The summed E-state index contributed by atoms with van der Waals surface area (Å²) in [5, 5.41) is 9.76. The molecule has 1 aliphatic rings. The molecule has 0 saturated carbocycles. The maximum absolute atomic E-state index is 13.7. The number of benzene rings is 2. The number of nitrogens with zero attached hydrogens (tertiary/aromatic N) is 4. The molecule has 35 heavy (non-hydrogen) atoms. The van der Waals surface area contributed by atoms with Crippen LogP contribution in [0.25, 0.3) is 16.7 Å². The van der Waals surface area contributed by atoms with Gasteiger partial charge in [-0.3, -0.25) is 18.5 Å². The molecule has 4 aromatic rings. The van der Waals surface area contributed by atoms with Crippen molar-refractivity contribution in [2.75, 3.05) is 0 Å². The topological polar surface area (TPSA) is 117 Å².